The van der Waals surface area contributed by atoms with Crippen LogP contribution in [-0.2, 0) is 9.47 Å². The third-order valence-corrected chi connectivity index (χ3v) is 2.26. The van der Waals surface area contributed by atoms with Crippen LogP contribution in [-0.4, -0.2) is 31.5 Å². The summed E-state index contributed by atoms with van der Waals surface area (Å²) >= 11 is 0. The summed E-state index contributed by atoms with van der Waals surface area (Å²) in [6, 6.07) is 0. The van der Waals surface area contributed by atoms with Crippen LogP contribution in [0.25, 0.3) is 0 Å². The molecule has 0 rings (SSSR count). The normalized spacial score (nSPS) is 11.1. The molecule has 0 aromatic carbocycles. The summed E-state index contributed by atoms with van der Waals surface area (Å²) in [5.74, 6) is 0. The Morgan fingerprint density at radius 2 is 1.75 bits per heavy atom. The number of hydrogen-bond donors (Lipinski definition) is 1. The van der Waals surface area contributed by atoms with E-state index in [1.165, 1.54) is 32.1 Å². The van der Waals surface area contributed by atoms with Crippen LogP contribution >= 0.6 is 0 Å². The van der Waals surface area contributed by atoms with Crippen molar-refractivity contribution in [3.05, 3.63) is 12.3 Å². The molecule has 0 fully saturated rings. The molecule has 0 saturated carbocycles. The van der Waals surface area contributed by atoms with Gasteiger partial charge in [-0.05, 0) is 12.5 Å². The molecule has 1 N–H and O–H groups in total. The molecule has 0 aliphatic carbocycles. The van der Waals surface area contributed by atoms with E-state index in [1.807, 2.05) is 6.08 Å². The summed E-state index contributed by atoms with van der Waals surface area (Å²) in [5.41, 5.74) is 0. The van der Waals surface area contributed by atoms with Crippen LogP contribution in [0.1, 0.15) is 45.4 Å². The molecule has 3 heteroatoms. The van der Waals surface area contributed by atoms with Crippen molar-refractivity contribution in [2.24, 2.45) is 0 Å². The van der Waals surface area contributed by atoms with Crippen LogP contribution in [0.4, 0.5) is 0 Å². The lowest BCUT2D eigenvalue weighted by Gasteiger charge is -2.01. The summed E-state index contributed by atoms with van der Waals surface area (Å²) in [5, 5.41) is 8.44. The molecule has 0 aliphatic heterocycles. The highest BCUT2D eigenvalue weighted by Gasteiger charge is 1.89. The van der Waals surface area contributed by atoms with Crippen molar-refractivity contribution >= 4 is 0 Å². The molecule has 0 unspecified atom stereocenters. The van der Waals surface area contributed by atoms with Crippen molar-refractivity contribution in [3.63, 3.8) is 0 Å². The lowest BCUT2D eigenvalue weighted by molar-refractivity contribution is 0.146. The molecule has 96 valence electrons. The summed E-state index contributed by atoms with van der Waals surface area (Å²) in [6.07, 6.45) is 11.2. The molecule has 0 radical (unpaired) electrons. The van der Waals surface area contributed by atoms with Gasteiger partial charge in [-0.25, -0.2) is 0 Å². The minimum absolute atomic E-state index is 0.0585. The predicted octanol–water partition coefficient (Wildman–Crippen LogP) is 2.89. The number of rotatable bonds is 12. The molecular weight excluding hydrogens is 204 g/mol. The zero-order chi connectivity index (χ0) is 11.9. The summed E-state index contributed by atoms with van der Waals surface area (Å²) in [6.45, 7) is 4.07. The average Bonchev–Trinajstić information content (AvgIpc) is 2.31. The second-order valence-corrected chi connectivity index (χ2v) is 3.81. The first-order chi connectivity index (χ1) is 7.91. The molecule has 0 amide bonds. The van der Waals surface area contributed by atoms with E-state index < -0.39 is 0 Å². The van der Waals surface area contributed by atoms with Gasteiger partial charge in [0.25, 0.3) is 0 Å². The molecule has 3 nitrogen and oxygen atoms in total. The van der Waals surface area contributed by atoms with Crippen molar-refractivity contribution in [2.45, 2.75) is 45.4 Å². The largest absolute Gasteiger partial charge is 0.499 e. The Hall–Kier alpha value is -0.540. The molecule has 0 aromatic rings. The van der Waals surface area contributed by atoms with E-state index in [0.717, 1.165) is 13.0 Å². The summed E-state index contributed by atoms with van der Waals surface area (Å²) < 4.78 is 10.3. The lowest BCUT2D eigenvalue weighted by atomic mass is 10.1. The highest BCUT2D eigenvalue weighted by atomic mass is 16.5. The first-order valence-corrected chi connectivity index (χ1v) is 6.37. The third kappa shape index (κ3) is 13.5. The summed E-state index contributed by atoms with van der Waals surface area (Å²) in [7, 11) is 0. The van der Waals surface area contributed by atoms with Crippen LogP contribution in [0.15, 0.2) is 12.3 Å². The van der Waals surface area contributed by atoms with Crippen LogP contribution < -0.4 is 0 Å². The van der Waals surface area contributed by atoms with Gasteiger partial charge in [-0.1, -0.05) is 39.0 Å². The van der Waals surface area contributed by atoms with E-state index in [1.54, 1.807) is 6.26 Å². The van der Waals surface area contributed by atoms with Crippen molar-refractivity contribution in [3.8, 4) is 0 Å². The smallest absolute Gasteiger partial charge is 0.110 e. The fourth-order valence-corrected chi connectivity index (χ4v) is 1.36. The SMILES string of the molecule is CCCCCCCCOCC=COCCO. The van der Waals surface area contributed by atoms with Crippen LogP contribution in [0.2, 0.25) is 0 Å². The Labute approximate surface area is 99.5 Å². The first-order valence-electron chi connectivity index (χ1n) is 6.37. The maximum atomic E-state index is 8.44. The fourth-order valence-electron chi connectivity index (χ4n) is 1.36. The monoisotopic (exact) mass is 230 g/mol. The van der Waals surface area contributed by atoms with Gasteiger partial charge in [0.1, 0.15) is 6.61 Å². The molecule has 0 heterocycles. The minimum Gasteiger partial charge on any atom is -0.499 e. The third-order valence-electron chi connectivity index (χ3n) is 2.26. The molecule has 0 atom stereocenters. The van der Waals surface area contributed by atoms with Crippen LogP contribution in [0.3, 0.4) is 0 Å². The van der Waals surface area contributed by atoms with Gasteiger partial charge < -0.3 is 14.6 Å². The number of aliphatic hydroxyl groups excluding tert-OH is 1. The van der Waals surface area contributed by atoms with E-state index in [4.69, 9.17) is 14.6 Å². The van der Waals surface area contributed by atoms with Crippen molar-refractivity contribution < 1.29 is 14.6 Å². The quantitative estimate of drug-likeness (QED) is 0.414. The second-order valence-electron chi connectivity index (χ2n) is 3.81. The van der Waals surface area contributed by atoms with Crippen LogP contribution in [0, 0.1) is 0 Å². The summed E-state index contributed by atoms with van der Waals surface area (Å²) in [4.78, 5) is 0. The maximum Gasteiger partial charge on any atom is 0.110 e. The molecule has 0 aromatic heterocycles. The molecule has 0 saturated heterocycles. The molecule has 0 bridgehead atoms. The highest BCUT2D eigenvalue weighted by molar-refractivity contribution is 4.72. The van der Waals surface area contributed by atoms with E-state index in [-0.39, 0.29) is 6.61 Å². The Balaban J connectivity index is 2.95. The zero-order valence-corrected chi connectivity index (χ0v) is 10.5. The molecular formula is C13H26O3. The van der Waals surface area contributed by atoms with Gasteiger partial charge in [0, 0.05) is 6.61 Å². The van der Waals surface area contributed by atoms with Gasteiger partial charge in [-0.2, -0.15) is 0 Å². The van der Waals surface area contributed by atoms with Gasteiger partial charge >= 0.3 is 0 Å². The van der Waals surface area contributed by atoms with E-state index in [2.05, 4.69) is 6.92 Å². The number of aliphatic hydroxyl groups is 1. The van der Waals surface area contributed by atoms with E-state index >= 15 is 0 Å². The van der Waals surface area contributed by atoms with E-state index in [9.17, 15) is 0 Å². The number of unbranched alkanes of at least 4 members (excludes halogenated alkanes) is 5. The van der Waals surface area contributed by atoms with Crippen molar-refractivity contribution in [1.29, 1.82) is 0 Å². The van der Waals surface area contributed by atoms with Gasteiger partial charge in [0.05, 0.1) is 19.5 Å². The Morgan fingerprint density at radius 3 is 2.50 bits per heavy atom. The average molecular weight is 230 g/mol. The lowest BCUT2D eigenvalue weighted by Crippen LogP contribution is -1.96. The Morgan fingerprint density at radius 1 is 1.00 bits per heavy atom. The van der Waals surface area contributed by atoms with E-state index in [0.29, 0.717) is 13.2 Å². The standard InChI is InChI=1S/C13H26O3/c1-2-3-4-5-6-7-10-15-11-8-12-16-13-9-14/h8,12,14H,2-7,9-11,13H2,1H3. The Bertz CT molecular complexity index is 146. The van der Waals surface area contributed by atoms with Gasteiger partial charge in [-0.3, -0.25) is 0 Å². The second kappa shape index (κ2) is 14.5. The maximum absolute atomic E-state index is 8.44. The molecule has 16 heavy (non-hydrogen) atoms. The zero-order valence-electron chi connectivity index (χ0n) is 10.5. The molecule has 0 aliphatic rings. The minimum atomic E-state index is 0.0585. The van der Waals surface area contributed by atoms with Crippen molar-refractivity contribution in [1.82, 2.24) is 0 Å². The topological polar surface area (TPSA) is 38.7 Å². The van der Waals surface area contributed by atoms with Crippen LogP contribution in [0.5, 0.6) is 0 Å². The predicted molar refractivity (Wildman–Crippen MR) is 66.4 cm³/mol. The van der Waals surface area contributed by atoms with Crippen molar-refractivity contribution in [2.75, 3.05) is 26.4 Å². The fraction of sp³-hybridized carbons (Fsp3) is 0.846. The van der Waals surface area contributed by atoms with Gasteiger partial charge in [0.2, 0.25) is 0 Å². The number of ether oxygens (including phenoxy) is 2. The van der Waals surface area contributed by atoms with Gasteiger partial charge in [-0.15, -0.1) is 0 Å². The first kappa shape index (κ1) is 15.5. The van der Waals surface area contributed by atoms with Gasteiger partial charge in [0.15, 0.2) is 0 Å². The highest BCUT2D eigenvalue weighted by Crippen LogP contribution is 2.04. The Kier molecular flexibility index (Phi) is 14.0. The number of hydrogen-bond acceptors (Lipinski definition) is 3. The molecule has 0 spiro atoms.